The van der Waals surface area contributed by atoms with E-state index in [1.165, 1.54) is 23.2 Å². The molecule has 1 aliphatic heterocycles. The van der Waals surface area contributed by atoms with Crippen LogP contribution in [0.2, 0.25) is 0 Å². The van der Waals surface area contributed by atoms with Gasteiger partial charge in [0.05, 0.1) is 0 Å². The summed E-state index contributed by atoms with van der Waals surface area (Å²) < 4.78 is 0. The number of rotatable bonds is 3. The van der Waals surface area contributed by atoms with Gasteiger partial charge in [-0.3, -0.25) is 0 Å². The van der Waals surface area contributed by atoms with E-state index in [1.54, 1.807) is 0 Å². The van der Waals surface area contributed by atoms with Crippen molar-refractivity contribution in [1.29, 1.82) is 0 Å². The molecule has 0 bridgehead atoms. The van der Waals surface area contributed by atoms with Gasteiger partial charge in [0.1, 0.15) is 0 Å². The molecule has 2 heteroatoms. The molecule has 1 heterocycles. The van der Waals surface area contributed by atoms with Crippen LogP contribution in [0.5, 0.6) is 0 Å². The molecule has 1 aromatic rings. The number of aryl methyl sites for hydroxylation is 2. The zero-order valence-corrected chi connectivity index (χ0v) is 12.2. The third kappa shape index (κ3) is 3.49. The number of anilines is 1. The molecule has 100 valence electrons. The Bertz CT molecular complexity index is 378. The van der Waals surface area contributed by atoms with E-state index in [4.69, 9.17) is 0 Å². The van der Waals surface area contributed by atoms with E-state index in [2.05, 4.69) is 56.1 Å². The molecule has 1 aliphatic rings. The number of nitrogens with one attached hydrogen (secondary N) is 1. The fourth-order valence-corrected chi connectivity index (χ4v) is 2.92. The minimum Gasteiger partial charge on any atom is -0.369 e. The number of hydrogen-bond acceptors (Lipinski definition) is 2. The van der Waals surface area contributed by atoms with Gasteiger partial charge in [0.25, 0.3) is 0 Å². The van der Waals surface area contributed by atoms with Crippen LogP contribution in [-0.4, -0.2) is 25.7 Å². The Kier molecular flexibility index (Phi) is 4.28. The fraction of sp³-hybridized carbons (Fsp3) is 0.625. The summed E-state index contributed by atoms with van der Waals surface area (Å²) in [5.74, 6) is 0.765. The monoisotopic (exact) mass is 246 g/mol. The SMILES string of the molecule is Cc1cc(C)cc(N2CCNC(CC(C)C)C2)c1. The van der Waals surface area contributed by atoms with Crippen LogP contribution in [0.25, 0.3) is 0 Å². The van der Waals surface area contributed by atoms with Crippen molar-refractivity contribution >= 4 is 5.69 Å². The fourth-order valence-electron chi connectivity index (χ4n) is 2.92. The third-order valence-corrected chi connectivity index (χ3v) is 3.58. The lowest BCUT2D eigenvalue weighted by Gasteiger charge is -2.36. The van der Waals surface area contributed by atoms with Crippen LogP contribution in [0.4, 0.5) is 5.69 Å². The van der Waals surface area contributed by atoms with Crippen LogP contribution < -0.4 is 10.2 Å². The van der Waals surface area contributed by atoms with Crippen molar-refractivity contribution < 1.29 is 0 Å². The molecule has 1 unspecified atom stereocenters. The highest BCUT2D eigenvalue weighted by atomic mass is 15.2. The van der Waals surface area contributed by atoms with Gasteiger partial charge in [0.2, 0.25) is 0 Å². The summed E-state index contributed by atoms with van der Waals surface area (Å²) in [7, 11) is 0. The predicted molar refractivity (Wildman–Crippen MR) is 79.4 cm³/mol. The van der Waals surface area contributed by atoms with Crippen LogP contribution in [0, 0.1) is 19.8 Å². The lowest BCUT2D eigenvalue weighted by atomic mass is 10.0. The Morgan fingerprint density at radius 1 is 1.22 bits per heavy atom. The maximum atomic E-state index is 3.64. The topological polar surface area (TPSA) is 15.3 Å². The number of nitrogens with zero attached hydrogens (tertiary/aromatic N) is 1. The highest BCUT2D eigenvalue weighted by Crippen LogP contribution is 2.21. The van der Waals surface area contributed by atoms with Gasteiger partial charge in [0.15, 0.2) is 0 Å². The first-order chi connectivity index (χ1) is 8.54. The smallest absolute Gasteiger partial charge is 0.0372 e. The summed E-state index contributed by atoms with van der Waals surface area (Å²) in [4.78, 5) is 2.53. The first-order valence-electron chi connectivity index (χ1n) is 7.11. The summed E-state index contributed by atoms with van der Waals surface area (Å²) in [6, 6.07) is 7.51. The van der Waals surface area contributed by atoms with Gasteiger partial charge in [-0.25, -0.2) is 0 Å². The Labute approximate surface area is 111 Å². The lowest BCUT2D eigenvalue weighted by Crippen LogP contribution is -2.51. The largest absolute Gasteiger partial charge is 0.369 e. The summed E-state index contributed by atoms with van der Waals surface area (Å²) in [5, 5.41) is 3.64. The molecule has 0 aromatic heterocycles. The zero-order valence-electron chi connectivity index (χ0n) is 12.2. The Morgan fingerprint density at radius 3 is 2.50 bits per heavy atom. The van der Waals surface area contributed by atoms with E-state index in [0.717, 1.165) is 25.6 Å². The van der Waals surface area contributed by atoms with Crippen molar-refractivity contribution in [3.8, 4) is 0 Å². The van der Waals surface area contributed by atoms with Gasteiger partial charge >= 0.3 is 0 Å². The zero-order chi connectivity index (χ0) is 13.1. The summed E-state index contributed by atoms with van der Waals surface area (Å²) >= 11 is 0. The van der Waals surface area contributed by atoms with Gasteiger partial charge in [-0.15, -0.1) is 0 Å². The van der Waals surface area contributed by atoms with Crippen molar-refractivity contribution in [1.82, 2.24) is 5.32 Å². The molecule has 0 amide bonds. The van der Waals surface area contributed by atoms with Gasteiger partial charge in [-0.1, -0.05) is 19.9 Å². The Balaban J connectivity index is 2.08. The Morgan fingerprint density at radius 2 is 1.89 bits per heavy atom. The molecule has 2 nitrogen and oxygen atoms in total. The van der Waals surface area contributed by atoms with Crippen molar-refractivity contribution in [2.75, 3.05) is 24.5 Å². The molecule has 0 saturated carbocycles. The molecule has 0 aliphatic carbocycles. The predicted octanol–water partition coefficient (Wildman–Crippen LogP) is 3.13. The quantitative estimate of drug-likeness (QED) is 0.881. The summed E-state index contributed by atoms with van der Waals surface area (Å²) in [6.45, 7) is 12.3. The van der Waals surface area contributed by atoms with Crippen molar-refractivity contribution in [2.45, 2.75) is 40.2 Å². The minimum absolute atomic E-state index is 0.638. The molecule has 18 heavy (non-hydrogen) atoms. The molecule has 1 N–H and O–H groups in total. The normalized spacial score (nSPS) is 20.5. The minimum atomic E-state index is 0.638. The highest BCUT2D eigenvalue weighted by molar-refractivity contribution is 5.51. The molecular formula is C16H26N2. The van der Waals surface area contributed by atoms with Gasteiger partial charge in [-0.05, 0) is 49.4 Å². The van der Waals surface area contributed by atoms with E-state index >= 15 is 0 Å². The molecule has 0 spiro atoms. The van der Waals surface area contributed by atoms with E-state index in [1.807, 2.05) is 0 Å². The van der Waals surface area contributed by atoms with Crippen LogP contribution in [0.1, 0.15) is 31.4 Å². The molecule has 2 rings (SSSR count). The molecule has 0 radical (unpaired) electrons. The van der Waals surface area contributed by atoms with E-state index < -0.39 is 0 Å². The average molecular weight is 246 g/mol. The number of piperazine rings is 1. The molecule has 1 fully saturated rings. The lowest BCUT2D eigenvalue weighted by molar-refractivity contribution is 0.388. The second kappa shape index (κ2) is 5.75. The number of benzene rings is 1. The van der Waals surface area contributed by atoms with Crippen LogP contribution in [0.15, 0.2) is 18.2 Å². The standard InChI is InChI=1S/C16H26N2/c1-12(2)7-15-11-18(6-5-17-15)16-9-13(3)8-14(4)10-16/h8-10,12,15,17H,5-7,11H2,1-4H3. The van der Waals surface area contributed by atoms with Gasteiger partial charge in [-0.2, -0.15) is 0 Å². The number of hydrogen-bond donors (Lipinski definition) is 1. The molecule has 1 saturated heterocycles. The second-order valence-electron chi connectivity index (χ2n) is 6.07. The summed E-state index contributed by atoms with van der Waals surface area (Å²) in [6.07, 6.45) is 1.27. The van der Waals surface area contributed by atoms with Crippen LogP contribution in [0.3, 0.4) is 0 Å². The summed E-state index contributed by atoms with van der Waals surface area (Å²) in [5.41, 5.74) is 4.12. The third-order valence-electron chi connectivity index (χ3n) is 3.58. The van der Waals surface area contributed by atoms with E-state index in [9.17, 15) is 0 Å². The van der Waals surface area contributed by atoms with Crippen LogP contribution in [-0.2, 0) is 0 Å². The van der Waals surface area contributed by atoms with Crippen molar-refractivity contribution in [3.63, 3.8) is 0 Å². The first kappa shape index (κ1) is 13.4. The van der Waals surface area contributed by atoms with E-state index in [-0.39, 0.29) is 0 Å². The maximum Gasteiger partial charge on any atom is 0.0372 e. The molecule has 1 aromatic carbocycles. The Hall–Kier alpha value is -1.02. The van der Waals surface area contributed by atoms with Crippen molar-refractivity contribution in [3.05, 3.63) is 29.3 Å². The van der Waals surface area contributed by atoms with Gasteiger partial charge in [0, 0.05) is 31.4 Å². The van der Waals surface area contributed by atoms with E-state index in [0.29, 0.717) is 6.04 Å². The van der Waals surface area contributed by atoms with Crippen LogP contribution >= 0.6 is 0 Å². The maximum absolute atomic E-state index is 3.64. The van der Waals surface area contributed by atoms with Gasteiger partial charge < -0.3 is 10.2 Å². The second-order valence-corrected chi connectivity index (χ2v) is 6.07. The average Bonchev–Trinajstić information content (AvgIpc) is 2.27. The molecular weight excluding hydrogens is 220 g/mol. The highest BCUT2D eigenvalue weighted by Gasteiger charge is 2.20. The van der Waals surface area contributed by atoms with Crippen molar-refractivity contribution in [2.24, 2.45) is 5.92 Å². The first-order valence-corrected chi connectivity index (χ1v) is 7.11. The molecule has 1 atom stereocenters.